The second-order valence-electron chi connectivity index (χ2n) is 6.02. The van der Waals surface area contributed by atoms with Crippen LogP contribution in [0, 0.1) is 10.1 Å². The number of nitrogens with zero attached hydrogens (tertiary/aromatic N) is 3. The number of morpholine rings is 1. The van der Waals surface area contributed by atoms with Crippen molar-refractivity contribution < 1.29 is 19.2 Å². The number of ether oxygens (including phenoxy) is 1. The van der Waals surface area contributed by atoms with E-state index in [0.717, 1.165) is 4.90 Å². The van der Waals surface area contributed by atoms with Crippen molar-refractivity contribution >= 4 is 28.9 Å². The number of nitro groups is 1. The summed E-state index contributed by atoms with van der Waals surface area (Å²) in [7, 11) is 0. The van der Waals surface area contributed by atoms with Crippen LogP contribution in [0.5, 0.6) is 0 Å². The smallest absolute Gasteiger partial charge is 0.293 e. The summed E-state index contributed by atoms with van der Waals surface area (Å²) in [5, 5.41) is 11.5. The van der Waals surface area contributed by atoms with Gasteiger partial charge in [0.05, 0.1) is 35.0 Å². The van der Waals surface area contributed by atoms with Gasteiger partial charge in [0.2, 0.25) is 0 Å². The highest BCUT2D eigenvalue weighted by molar-refractivity contribution is 6.35. The molecule has 4 rings (SSSR count). The fourth-order valence-corrected chi connectivity index (χ4v) is 3.28. The Morgan fingerprint density at radius 2 is 1.58 bits per heavy atom. The SMILES string of the molecule is O=C1c2cc(N3CCOCC3)c([N+](=O)[O-])cc2C(=O)N1c1ccccc1. The van der Waals surface area contributed by atoms with Gasteiger partial charge < -0.3 is 9.64 Å². The molecule has 0 atom stereocenters. The van der Waals surface area contributed by atoms with Crippen molar-refractivity contribution in [2.24, 2.45) is 0 Å². The third-order valence-corrected chi connectivity index (χ3v) is 4.54. The molecular formula is C18H15N3O5. The van der Waals surface area contributed by atoms with Crippen molar-refractivity contribution in [3.63, 3.8) is 0 Å². The molecule has 2 aliphatic heterocycles. The van der Waals surface area contributed by atoms with Crippen LogP contribution in [-0.2, 0) is 4.74 Å². The number of benzene rings is 2. The normalized spacial score (nSPS) is 16.8. The summed E-state index contributed by atoms with van der Waals surface area (Å²) in [4.78, 5) is 39.4. The Hall–Kier alpha value is -3.26. The zero-order valence-electron chi connectivity index (χ0n) is 13.8. The topological polar surface area (TPSA) is 93.0 Å². The number of amides is 2. The summed E-state index contributed by atoms with van der Waals surface area (Å²) in [6.07, 6.45) is 0. The molecule has 2 amide bonds. The van der Waals surface area contributed by atoms with E-state index in [0.29, 0.717) is 37.7 Å². The number of hydrogen-bond donors (Lipinski definition) is 0. The number of carbonyl (C=O) groups is 2. The quantitative estimate of drug-likeness (QED) is 0.477. The lowest BCUT2D eigenvalue weighted by Crippen LogP contribution is -2.36. The fraction of sp³-hybridized carbons (Fsp3) is 0.222. The molecule has 0 radical (unpaired) electrons. The van der Waals surface area contributed by atoms with Gasteiger partial charge in [0.25, 0.3) is 17.5 Å². The number of imide groups is 1. The summed E-state index contributed by atoms with van der Waals surface area (Å²) in [5.74, 6) is -1.02. The third-order valence-electron chi connectivity index (χ3n) is 4.54. The molecule has 2 aromatic rings. The van der Waals surface area contributed by atoms with Crippen LogP contribution in [0.1, 0.15) is 20.7 Å². The molecule has 132 valence electrons. The molecule has 2 aliphatic rings. The molecule has 0 spiro atoms. The minimum atomic E-state index is -0.548. The summed E-state index contributed by atoms with van der Waals surface area (Å²) < 4.78 is 5.29. The van der Waals surface area contributed by atoms with Crippen LogP contribution in [0.25, 0.3) is 0 Å². The predicted octanol–water partition coefficient (Wildman–Crippen LogP) is 2.23. The lowest BCUT2D eigenvalue weighted by molar-refractivity contribution is -0.384. The number of hydrogen-bond acceptors (Lipinski definition) is 6. The highest BCUT2D eigenvalue weighted by atomic mass is 16.6. The minimum Gasteiger partial charge on any atom is -0.378 e. The number of fused-ring (bicyclic) bond motifs is 1. The monoisotopic (exact) mass is 353 g/mol. The first kappa shape index (κ1) is 16.2. The standard InChI is InChI=1S/C18H15N3O5/c22-17-13-10-15(19-6-8-26-9-7-19)16(21(24)25)11-14(13)18(23)20(17)12-4-2-1-3-5-12/h1-5,10-11H,6-9H2. The third kappa shape index (κ3) is 2.51. The molecule has 8 heteroatoms. The van der Waals surface area contributed by atoms with E-state index in [9.17, 15) is 19.7 Å². The van der Waals surface area contributed by atoms with E-state index in [2.05, 4.69) is 0 Å². The highest BCUT2D eigenvalue weighted by Crippen LogP contribution is 2.37. The van der Waals surface area contributed by atoms with Crippen LogP contribution in [0.3, 0.4) is 0 Å². The van der Waals surface area contributed by atoms with Crippen molar-refractivity contribution in [1.82, 2.24) is 0 Å². The maximum Gasteiger partial charge on any atom is 0.293 e. The lowest BCUT2D eigenvalue weighted by atomic mass is 10.1. The van der Waals surface area contributed by atoms with Gasteiger partial charge >= 0.3 is 0 Å². The Bertz CT molecular complexity index is 907. The van der Waals surface area contributed by atoms with E-state index in [4.69, 9.17) is 4.74 Å². The second-order valence-corrected chi connectivity index (χ2v) is 6.02. The van der Waals surface area contributed by atoms with Gasteiger partial charge in [-0.05, 0) is 18.2 Å². The molecule has 0 aliphatic carbocycles. The van der Waals surface area contributed by atoms with Crippen LogP contribution in [0.15, 0.2) is 42.5 Å². The number of nitro benzene ring substituents is 1. The number of carbonyl (C=O) groups excluding carboxylic acids is 2. The van der Waals surface area contributed by atoms with E-state index in [-0.39, 0.29) is 16.8 Å². The van der Waals surface area contributed by atoms with E-state index in [1.807, 2.05) is 4.90 Å². The van der Waals surface area contributed by atoms with Gasteiger partial charge in [-0.3, -0.25) is 19.7 Å². The summed E-state index contributed by atoms with van der Waals surface area (Å²) in [6.45, 7) is 1.89. The molecule has 1 saturated heterocycles. The fourth-order valence-electron chi connectivity index (χ4n) is 3.28. The number of anilines is 2. The molecule has 0 aromatic heterocycles. The van der Waals surface area contributed by atoms with Crippen molar-refractivity contribution in [1.29, 1.82) is 0 Å². The van der Waals surface area contributed by atoms with E-state index in [1.54, 1.807) is 30.3 Å². The average molecular weight is 353 g/mol. The summed E-state index contributed by atoms with van der Waals surface area (Å²) >= 11 is 0. The van der Waals surface area contributed by atoms with Crippen LogP contribution in [0.4, 0.5) is 17.1 Å². The van der Waals surface area contributed by atoms with Crippen molar-refractivity contribution in [2.75, 3.05) is 36.1 Å². The molecule has 0 N–H and O–H groups in total. The van der Waals surface area contributed by atoms with Gasteiger partial charge in [-0.2, -0.15) is 0 Å². The first-order chi connectivity index (χ1) is 12.6. The Morgan fingerprint density at radius 1 is 0.962 bits per heavy atom. The van der Waals surface area contributed by atoms with E-state index < -0.39 is 16.7 Å². The maximum atomic E-state index is 12.8. The first-order valence-electron chi connectivity index (χ1n) is 8.17. The van der Waals surface area contributed by atoms with Gasteiger partial charge in [0.1, 0.15) is 5.69 Å². The Labute approximate surface area is 148 Å². The van der Waals surface area contributed by atoms with Gasteiger partial charge in [-0.25, -0.2) is 4.90 Å². The molecular weight excluding hydrogens is 338 g/mol. The zero-order valence-corrected chi connectivity index (χ0v) is 13.8. The summed E-state index contributed by atoms with van der Waals surface area (Å²) in [5.41, 5.74) is 0.845. The van der Waals surface area contributed by atoms with Crippen molar-refractivity contribution in [3.05, 3.63) is 63.7 Å². The van der Waals surface area contributed by atoms with Crippen molar-refractivity contribution in [3.8, 4) is 0 Å². The van der Waals surface area contributed by atoms with Gasteiger partial charge in [-0.1, -0.05) is 18.2 Å². The van der Waals surface area contributed by atoms with Crippen LogP contribution < -0.4 is 9.80 Å². The first-order valence-corrected chi connectivity index (χ1v) is 8.17. The Balaban J connectivity index is 1.82. The molecule has 1 fully saturated rings. The lowest BCUT2D eigenvalue weighted by Gasteiger charge is -2.28. The Morgan fingerprint density at radius 3 is 2.19 bits per heavy atom. The molecule has 8 nitrogen and oxygen atoms in total. The largest absolute Gasteiger partial charge is 0.378 e. The summed E-state index contributed by atoms with van der Waals surface area (Å²) in [6, 6.07) is 11.2. The average Bonchev–Trinajstić information content (AvgIpc) is 2.92. The molecule has 26 heavy (non-hydrogen) atoms. The van der Waals surface area contributed by atoms with Crippen LogP contribution in [0.2, 0.25) is 0 Å². The Kier molecular flexibility index (Phi) is 3.89. The number of rotatable bonds is 3. The molecule has 0 bridgehead atoms. The second kappa shape index (κ2) is 6.23. The molecule has 0 saturated carbocycles. The van der Waals surface area contributed by atoms with E-state index >= 15 is 0 Å². The van der Waals surface area contributed by atoms with Crippen LogP contribution in [-0.4, -0.2) is 43.0 Å². The molecule has 2 aromatic carbocycles. The van der Waals surface area contributed by atoms with Crippen molar-refractivity contribution in [2.45, 2.75) is 0 Å². The predicted molar refractivity (Wildman–Crippen MR) is 93.7 cm³/mol. The number of para-hydroxylation sites is 1. The minimum absolute atomic E-state index is 0.0579. The van der Waals surface area contributed by atoms with Gasteiger partial charge in [0.15, 0.2) is 0 Å². The highest BCUT2D eigenvalue weighted by Gasteiger charge is 2.39. The molecule has 2 heterocycles. The van der Waals surface area contributed by atoms with Gasteiger partial charge in [0, 0.05) is 19.2 Å². The van der Waals surface area contributed by atoms with Gasteiger partial charge in [-0.15, -0.1) is 0 Å². The van der Waals surface area contributed by atoms with E-state index in [1.165, 1.54) is 12.1 Å². The maximum absolute atomic E-state index is 12.8. The molecule has 0 unspecified atom stereocenters. The van der Waals surface area contributed by atoms with Crippen LogP contribution >= 0.6 is 0 Å². The zero-order chi connectivity index (χ0) is 18.3.